The van der Waals surface area contributed by atoms with Crippen LogP contribution in [0.5, 0.6) is 0 Å². The van der Waals surface area contributed by atoms with Gasteiger partial charge in [0, 0.05) is 24.5 Å². The maximum absolute atomic E-state index is 12.7. The Hall–Kier alpha value is -0.570. The molecule has 1 aliphatic carbocycles. The van der Waals surface area contributed by atoms with Gasteiger partial charge in [-0.3, -0.25) is 4.79 Å². The van der Waals surface area contributed by atoms with Gasteiger partial charge in [-0.15, -0.1) is 0 Å². The fourth-order valence-electron chi connectivity index (χ4n) is 3.59. The first-order chi connectivity index (χ1) is 9.08. The molecule has 1 saturated heterocycles. The van der Waals surface area contributed by atoms with Crippen molar-refractivity contribution in [3.05, 3.63) is 0 Å². The quantitative estimate of drug-likeness (QED) is 0.850. The number of piperidine rings is 1. The Labute approximate surface area is 117 Å². The Kier molecular flexibility index (Phi) is 5.26. The summed E-state index contributed by atoms with van der Waals surface area (Å²) in [5, 5.41) is 0. The lowest BCUT2D eigenvalue weighted by atomic mass is 9.93. The Bertz CT molecular complexity index is 303. The molecule has 1 aliphatic heterocycles. The molecule has 2 rings (SSSR count). The molecule has 0 radical (unpaired) electrons. The number of carbonyl (C=O) groups is 1. The molecular weight excluding hydrogens is 236 g/mol. The smallest absolute Gasteiger partial charge is 0.225 e. The van der Waals surface area contributed by atoms with Crippen LogP contribution in [-0.2, 0) is 4.79 Å². The Morgan fingerprint density at radius 2 is 2.05 bits per heavy atom. The predicted octanol–water partition coefficient (Wildman–Crippen LogP) is 2.93. The van der Waals surface area contributed by atoms with E-state index in [2.05, 4.69) is 18.7 Å². The first kappa shape index (κ1) is 14.8. The third-order valence-electron chi connectivity index (χ3n) is 4.81. The van der Waals surface area contributed by atoms with Crippen LogP contribution in [-0.4, -0.2) is 29.4 Å². The van der Waals surface area contributed by atoms with E-state index in [0.717, 1.165) is 31.7 Å². The van der Waals surface area contributed by atoms with E-state index >= 15 is 0 Å². The highest BCUT2D eigenvalue weighted by Gasteiger charge is 2.34. The summed E-state index contributed by atoms with van der Waals surface area (Å²) in [5.41, 5.74) is 5.95. The summed E-state index contributed by atoms with van der Waals surface area (Å²) in [5.74, 6) is 1.36. The van der Waals surface area contributed by atoms with Crippen LogP contribution < -0.4 is 5.73 Å². The minimum absolute atomic E-state index is 0.217. The summed E-state index contributed by atoms with van der Waals surface area (Å²) < 4.78 is 0. The first-order valence-corrected chi connectivity index (χ1v) is 8.14. The van der Waals surface area contributed by atoms with E-state index in [4.69, 9.17) is 5.73 Å². The van der Waals surface area contributed by atoms with Crippen molar-refractivity contribution in [2.75, 3.05) is 6.54 Å². The predicted molar refractivity (Wildman–Crippen MR) is 78.7 cm³/mol. The molecule has 0 aromatic rings. The summed E-state index contributed by atoms with van der Waals surface area (Å²) in [6.45, 7) is 5.52. The zero-order chi connectivity index (χ0) is 13.8. The van der Waals surface area contributed by atoms with Gasteiger partial charge in [0.2, 0.25) is 5.91 Å². The number of amides is 1. The molecular formula is C16H30N2O. The highest BCUT2D eigenvalue weighted by Crippen LogP contribution is 2.30. The minimum atomic E-state index is 0.217. The largest absolute Gasteiger partial charge is 0.339 e. The Morgan fingerprint density at radius 3 is 2.68 bits per heavy atom. The molecule has 2 N–H and O–H groups in total. The summed E-state index contributed by atoms with van der Waals surface area (Å²) in [4.78, 5) is 14.9. The van der Waals surface area contributed by atoms with Crippen LogP contribution >= 0.6 is 0 Å². The van der Waals surface area contributed by atoms with Crippen molar-refractivity contribution in [2.24, 2.45) is 17.6 Å². The number of likely N-dealkylation sites (tertiary alicyclic amines) is 1. The van der Waals surface area contributed by atoms with Gasteiger partial charge in [0.05, 0.1) is 0 Å². The van der Waals surface area contributed by atoms with Crippen molar-refractivity contribution in [2.45, 2.75) is 77.3 Å². The second kappa shape index (κ2) is 6.74. The molecule has 0 aromatic carbocycles. The SMILES string of the molecule is CC(C)CCC1CCCCN1C(=O)C1CCC(N)C1. The third-order valence-corrected chi connectivity index (χ3v) is 4.81. The lowest BCUT2D eigenvalue weighted by molar-refractivity contribution is -0.139. The second-order valence-electron chi connectivity index (χ2n) is 6.92. The van der Waals surface area contributed by atoms with Gasteiger partial charge in [-0.05, 0) is 57.3 Å². The average molecular weight is 266 g/mol. The number of nitrogens with two attached hydrogens (primary N) is 1. The molecule has 0 bridgehead atoms. The van der Waals surface area contributed by atoms with Gasteiger partial charge in [-0.2, -0.15) is 0 Å². The standard InChI is InChI=1S/C16H30N2O/c1-12(2)6-9-15-5-3-4-10-18(15)16(19)13-7-8-14(17)11-13/h12-15H,3-11,17H2,1-2H3. The summed E-state index contributed by atoms with van der Waals surface area (Å²) in [7, 11) is 0. The summed E-state index contributed by atoms with van der Waals surface area (Å²) >= 11 is 0. The minimum Gasteiger partial charge on any atom is -0.339 e. The number of rotatable bonds is 4. The molecule has 1 amide bonds. The van der Waals surface area contributed by atoms with E-state index in [1.807, 2.05) is 0 Å². The van der Waals surface area contributed by atoms with Gasteiger partial charge in [0.15, 0.2) is 0 Å². The second-order valence-corrected chi connectivity index (χ2v) is 6.92. The maximum Gasteiger partial charge on any atom is 0.225 e. The van der Waals surface area contributed by atoms with Gasteiger partial charge in [-0.25, -0.2) is 0 Å². The van der Waals surface area contributed by atoms with Gasteiger partial charge in [0.1, 0.15) is 0 Å². The van der Waals surface area contributed by atoms with E-state index in [1.54, 1.807) is 0 Å². The van der Waals surface area contributed by atoms with Crippen LogP contribution in [0.15, 0.2) is 0 Å². The van der Waals surface area contributed by atoms with Crippen LogP contribution in [0.25, 0.3) is 0 Å². The Balaban J connectivity index is 1.92. The van der Waals surface area contributed by atoms with Crippen molar-refractivity contribution in [1.29, 1.82) is 0 Å². The Morgan fingerprint density at radius 1 is 1.26 bits per heavy atom. The molecule has 19 heavy (non-hydrogen) atoms. The van der Waals surface area contributed by atoms with E-state index < -0.39 is 0 Å². The van der Waals surface area contributed by atoms with Crippen LogP contribution in [0.3, 0.4) is 0 Å². The monoisotopic (exact) mass is 266 g/mol. The van der Waals surface area contributed by atoms with Gasteiger partial charge in [0.25, 0.3) is 0 Å². The van der Waals surface area contributed by atoms with Crippen molar-refractivity contribution < 1.29 is 4.79 Å². The molecule has 3 unspecified atom stereocenters. The lowest BCUT2D eigenvalue weighted by Crippen LogP contribution is -2.46. The van der Waals surface area contributed by atoms with Crippen molar-refractivity contribution in [3.8, 4) is 0 Å². The lowest BCUT2D eigenvalue weighted by Gasteiger charge is -2.38. The summed E-state index contributed by atoms with van der Waals surface area (Å²) in [6, 6.07) is 0.758. The van der Waals surface area contributed by atoms with E-state index in [9.17, 15) is 4.79 Å². The number of hydrogen-bond donors (Lipinski definition) is 1. The molecule has 2 aliphatic rings. The van der Waals surface area contributed by atoms with Crippen molar-refractivity contribution in [1.82, 2.24) is 4.90 Å². The van der Waals surface area contributed by atoms with E-state index in [1.165, 1.54) is 32.1 Å². The maximum atomic E-state index is 12.7. The highest BCUT2D eigenvalue weighted by molar-refractivity contribution is 5.79. The van der Waals surface area contributed by atoms with Crippen LogP contribution in [0, 0.1) is 11.8 Å². The van der Waals surface area contributed by atoms with Gasteiger partial charge in [-0.1, -0.05) is 13.8 Å². The van der Waals surface area contributed by atoms with Gasteiger partial charge < -0.3 is 10.6 Å². The third kappa shape index (κ3) is 3.95. The van der Waals surface area contributed by atoms with Crippen molar-refractivity contribution in [3.63, 3.8) is 0 Å². The van der Waals surface area contributed by atoms with E-state index in [0.29, 0.717) is 11.9 Å². The van der Waals surface area contributed by atoms with Gasteiger partial charge >= 0.3 is 0 Å². The zero-order valence-corrected chi connectivity index (χ0v) is 12.6. The molecule has 3 atom stereocenters. The topological polar surface area (TPSA) is 46.3 Å². The number of hydrogen-bond acceptors (Lipinski definition) is 2. The number of carbonyl (C=O) groups excluding carboxylic acids is 1. The molecule has 110 valence electrons. The molecule has 1 saturated carbocycles. The van der Waals surface area contributed by atoms with Crippen LogP contribution in [0.2, 0.25) is 0 Å². The molecule has 0 spiro atoms. The zero-order valence-electron chi connectivity index (χ0n) is 12.6. The molecule has 1 heterocycles. The summed E-state index contributed by atoms with van der Waals surface area (Å²) in [6.07, 6.45) is 9.04. The van der Waals surface area contributed by atoms with E-state index in [-0.39, 0.29) is 12.0 Å². The van der Waals surface area contributed by atoms with Crippen LogP contribution in [0.1, 0.15) is 65.2 Å². The normalized spacial score (nSPS) is 32.0. The average Bonchev–Trinajstić information content (AvgIpc) is 2.82. The number of nitrogens with zero attached hydrogens (tertiary/aromatic N) is 1. The van der Waals surface area contributed by atoms with Crippen molar-refractivity contribution >= 4 is 5.91 Å². The molecule has 3 nitrogen and oxygen atoms in total. The molecule has 0 aromatic heterocycles. The first-order valence-electron chi connectivity index (χ1n) is 8.14. The fourth-order valence-corrected chi connectivity index (χ4v) is 3.59. The highest BCUT2D eigenvalue weighted by atomic mass is 16.2. The fraction of sp³-hybridized carbons (Fsp3) is 0.938. The molecule has 3 heteroatoms. The molecule has 2 fully saturated rings. The van der Waals surface area contributed by atoms with Crippen LogP contribution in [0.4, 0.5) is 0 Å².